The van der Waals surface area contributed by atoms with Crippen LogP contribution in [0, 0.1) is 0 Å². The molecule has 0 radical (unpaired) electrons. The first-order valence-corrected chi connectivity index (χ1v) is 7.89. The summed E-state index contributed by atoms with van der Waals surface area (Å²) in [5.41, 5.74) is 0. The molecule has 4 heteroatoms. The van der Waals surface area contributed by atoms with E-state index in [1.54, 1.807) is 0 Å². The van der Waals surface area contributed by atoms with Crippen LogP contribution in [0.2, 0.25) is 0 Å². The molecular formula is C12H21AlO3. The molecule has 90 valence electrons. The van der Waals surface area contributed by atoms with E-state index in [2.05, 4.69) is 0 Å². The Balaban J connectivity index is 4.68. The Bertz CT molecular complexity index is 218. The summed E-state index contributed by atoms with van der Waals surface area (Å²) in [5.74, 6) is 0. The van der Waals surface area contributed by atoms with Crippen LogP contribution in [0.1, 0.15) is 59.3 Å². The van der Waals surface area contributed by atoms with Gasteiger partial charge in [-0.25, -0.2) is 0 Å². The molecule has 0 bridgehead atoms. The highest BCUT2D eigenvalue weighted by Gasteiger charge is 2.41. The van der Waals surface area contributed by atoms with E-state index >= 15 is 0 Å². The Labute approximate surface area is 102 Å². The van der Waals surface area contributed by atoms with E-state index in [-0.39, 0.29) is 13.9 Å². The quantitative estimate of drug-likeness (QED) is 0.580. The van der Waals surface area contributed by atoms with Gasteiger partial charge in [0.1, 0.15) is 0 Å². The Kier molecular flexibility index (Phi) is 8.42. The Morgan fingerprint density at radius 1 is 0.688 bits per heavy atom. The second kappa shape index (κ2) is 8.67. The van der Waals surface area contributed by atoms with Gasteiger partial charge in [-0.3, -0.25) is 0 Å². The van der Waals surface area contributed by atoms with Gasteiger partial charge in [0, 0.05) is 0 Å². The van der Waals surface area contributed by atoms with Crippen molar-refractivity contribution in [1.29, 1.82) is 0 Å². The normalized spacial score (nSPS) is 9.94. The van der Waals surface area contributed by atoms with Crippen molar-refractivity contribution in [3.63, 3.8) is 0 Å². The van der Waals surface area contributed by atoms with E-state index in [4.69, 9.17) is 0 Å². The monoisotopic (exact) mass is 240 g/mol. The van der Waals surface area contributed by atoms with Crippen molar-refractivity contribution in [2.75, 3.05) is 0 Å². The lowest BCUT2D eigenvalue weighted by Gasteiger charge is -2.07. The summed E-state index contributed by atoms with van der Waals surface area (Å²) in [6, 6.07) is 0. The van der Waals surface area contributed by atoms with Crippen LogP contribution >= 0.6 is 0 Å². The van der Waals surface area contributed by atoms with Crippen LogP contribution in [0.3, 0.4) is 0 Å². The molecule has 0 heterocycles. The lowest BCUT2D eigenvalue weighted by molar-refractivity contribution is -0.118. The van der Waals surface area contributed by atoms with E-state index in [9.17, 15) is 14.4 Å². The summed E-state index contributed by atoms with van der Waals surface area (Å²) in [7, 11) is 0. The number of carbonyl (C=O) groups excluding carboxylic acids is 3. The molecule has 0 amide bonds. The highest BCUT2D eigenvalue weighted by atomic mass is 27.2. The number of hydrogen-bond acceptors (Lipinski definition) is 3. The number of carbonyl (C=O) groups is 3. The third kappa shape index (κ3) is 5.05. The fourth-order valence-corrected chi connectivity index (χ4v) is 4.52. The van der Waals surface area contributed by atoms with Crippen molar-refractivity contribution in [2.45, 2.75) is 59.3 Å². The minimum absolute atomic E-state index is 0.0561. The summed E-state index contributed by atoms with van der Waals surface area (Å²) < 4.78 is -0.168. The van der Waals surface area contributed by atoms with Crippen molar-refractivity contribution in [3.8, 4) is 0 Å². The van der Waals surface area contributed by atoms with Gasteiger partial charge < -0.3 is 14.4 Å². The fourth-order valence-electron chi connectivity index (χ4n) is 1.71. The molecule has 0 spiro atoms. The molecule has 0 aliphatic carbocycles. The van der Waals surface area contributed by atoms with Crippen LogP contribution in [0.5, 0.6) is 0 Å². The standard InChI is InChI=1S/3C4H7O.Al/c3*1-2-3-4-5;/h3*2-3H2,1H3;. The van der Waals surface area contributed by atoms with Gasteiger partial charge >= 0.3 is 14.1 Å². The molecule has 0 unspecified atom stereocenters. The van der Waals surface area contributed by atoms with Crippen LogP contribution in [0.25, 0.3) is 0 Å². The number of rotatable bonds is 9. The van der Waals surface area contributed by atoms with Gasteiger partial charge in [0.2, 0.25) is 0 Å². The maximum absolute atomic E-state index is 11.8. The molecule has 3 nitrogen and oxygen atoms in total. The molecule has 0 aromatic carbocycles. The largest absolute Gasteiger partial charge is 0.548 e. The maximum Gasteiger partial charge on any atom is 0.548 e. The van der Waals surface area contributed by atoms with E-state index < -0.39 is 14.1 Å². The molecule has 0 aliphatic rings. The van der Waals surface area contributed by atoms with Gasteiger partial charge in [-0.2, -0.15) is 0 Å². The molecule has 0 atom stereocenters. The smallest absolute Gasteiger partial charge is 0.319 e. The molecule has 0 aromatic rings. The molecule has 0 fully saturated rings. The summed E-state index contributed by atoms with van der Waals surface area (Å²) in [6.07, 6.45) is 3.34. The zero-order valence-corrected chi connectivity index (χ0v) is 11.7. The van der Waals surface area contributed by atoms with Gasteiger partial charge in [-0.15, -0.1) is 0 Å². The van der Waals surface area contributed by atoms with E-state index in [1.807, 2.05) is 20.8 Å². The first-order chi connectivity index (χ1) is 7.58. The summed E-state index contributed by atoms with van der Waals surface area (Å²) in [5, 5.41) is 0. The number of hydrogen-bond donors (Lipinski definition) is 0. The van der Waals surface area contributed by atoms with Crippen LogP contribution in [-0.4, -0.2) is 28.1 Å². The average molecular weight is 240 g/mol. The predicted octanol–water partition coefficient (Wildman–Crippen LogP) is 2.21. The van der Waals surface area contributed by atoms with Crippen molar-refractivity contribution in [1.82, 2.24) is 0 Å². The summed E-state index contributed by atoms with van der Waals surface area (Å²) >= 11 is -2.49. The zero-order chi connectivity index (χ0) is 12.6. The van der Waals surface area contributed by atoms with Gasteiger partial charge in [0.15, 0.2) is 0 Å². The topological polar surface area (TPSA) is 51.2 Å². The Morgan fingerprint density at radius 3 is 1.12 bits per heavy atom. The molecule has 0 aliphatic heterocycles. The Morgan fingerprint density at radius 2 is 0.938 bits per heavy atom. The third-order valence-corrected chi connectivity index (χ3v) is 5.25. The summed E-state index contributed by atoms with van der Waals surface area (Å²) in [4.78, 5) is 35.4. The van der Waals surface area contributed by atoms with Crippen molar-refractivity contribution >= 4 is 28.1 Å². The van der Waals surface area contributed by atoms with E-state index in [0.717, 1.165) is 19.3 Å². The fraction of sp³-hybridized carbons (Fsp3) is 0.750. The molecule has 0 saturated heterocycles. The third-order valence-electron chi connectivity index (χ3n) is 2.46. The van der Waals surface area contributed by atoms with Crippen LogP contribution in [0.15, 0.2) is 0 Å². The second-order valence-corrected chi connectivity index (χ2v) is 6.88. The lowest BCUT2D eigenvalue weighted by Crippen LogP contribution is -2.43. The van der Waals surface area contributed by atoms with Gasteiger partial charge in [0.05, 0.1) is 13.9 Å². The predicted molar refractivity (Wildman–Crippen MR) is 65.5 cm³/mol. The van der Waals surface area contributed by atoms with Gasteiger partial charge in [0.25, 0.3) is 0 Å². The maximum atomic E-state index is 11.8. The molecule has 16 heavy (non-hydrogen) atoms. The van der Waals surface area contributed by atoms with Gasteiger partial charge in [-0.05, 0) is 19.3 Å². The highest BCUT2D eigenvalue weighted by Crippen LogP contribution is 2.05. The van der Waals surface area contributed by atoms with E-state index in [0.29, 0.717) is 19.3 Å². The SMILES string of the molecule is CCC[C](=O)[Al]([C](=O)CCC)[C](=O)CCC. The molecule has 0 aromatic heterocycles. The van der Waals surface area contributed by atoms with Crippen molar-refractivity contribution in [3.05, 3.63) is 0 Å². The van der Waals surface area contributed by atoms with Crippen LogP contribution in [-0.2, 0) is 14.4 Å². The van der Waals surface area contributed by atoms with Crippen molar-refractivity contribution < 1.29 is 14.4 Å². The Hall–Kier alpha value is -0.458. The molecular weight excluding hydrogens is 219 g/mol. The zero-order valence-electron chi connectivity index (χ0n) is 10.5. The minimum atomic E-state index is -2.49. The molecule has 0 N–H and O–H groups in total. The second-order valence-electron chi connectivity index (χ2n) is 4.08. The first-order valence-electron chi connectivity index (χ1n) is 6.16. The van der Waals surface area contributed by atoms with Crippen molar-refractivity contribution in [2.24, 2.45) is 0 Å². The van der Waals surface area contributed by atoms with Crippen LogP contribution in [0.4, 0.5) is 0 Å². The first kappa shape index (κ1) is 15.5. The summed E-state index contributed by atoms with van der Waals surface area (Å²) in [6.45, 7) is 5.70. The highest BCUT2D eigenvalue weighted by molar-refractivity contribution is 7.27. The van der Waals surface area contributed by atoms with Crippen LogP contribution < -0.4 is 0 Å². The lowest BCUT2D eigenvalue weighted by atomic mass is 10.4. The molecule has 0 rings (SSSR count). The molecule has 0 saturated carbocycles. The van der Waals surface area contributed by atoms with Gasteiger partial charge in [-0.1, -0.05) is 40.0 Å². The minimum Gasteiger partial charge on any atom is -0.319 e. The average Bonchev–Trinajstić information content (AvgIpc) is 2.19. The van der Waals surface area contributed by atoms with E-state index in [1.165, 1.54) is 0 Å².